The maximum Gasteiger partial charge on any atom is 0.159 e. The predicted octanol–water partition coefficient (Wildman–Crippen LogP) is 1.71. The van der Waals surface area contributed by atoms with E-state index < -0.39 is 11.6 Å². The first-order valence-electron chi connectivity index (χ1n) is 6.78. The van der Waals surface area contributed by atoms with Crippen LogP contribution in [0.25, 0.3) is 0 Å². The number of nitrogens with zero attached hydrogens (tertiary/aromatic N) is 3. The van der Waals surface area contributed by atoms with Crippen molar-refractivity contribution in [2.45, 2.75) is 25.1 Å². The Labute approximate surface area is 120 Å². The molecule has 2 unspecified atom stereocenters. The van der Waals surface area contributed by atoms with Crippen molar-refractivity contribution in [2.75, 3.05) is 6.61 Å². The highest BCUT2D eigenvalue weighted by molar-refractivity contribution is 5.22. The Morgan fingerprint density at radius 2 is 2.24 bits per heavy atom. The lowest BCUT2D eigenvalue weighted by Crippen LogP contribution is -2.32. The third-order valence-corrected chi connectivity index (χ3v) is 3.69. The summed E-state index contributed by atoms with van der Waals surface area (Å²) in [5, 5.41) is 7.35. The minimum absolute atomic E-state index is 0.0339. The van der Waals surface area contributed by atoms with E-state index >= 15 is 0 Å². The van der Waals surface area contributed by atoms with Crippen molar-refractivity contribution in [3.05, 3.63) is 47.5 Å². The third-order valence-electron chi connectivity index (χ3n) is 3.69. The van der Waals surface area contributed by atoms with Crippen LogP contribution in [0.3, 0.4) is 0 Å². The fraction of sp³-hybridized carbons (Fsp3) is 0.429. The maximum atomic E-state index is 13.3. The molecule has 1 aromatic carbocycles. The van der Waals surface area contributed by atoms with Crippen LogP contribution in [0.4, 0.5) is 8.78 Å². The Bertz CT molecular complexity index is 631. The van der Waals surface area contributed by atoms with Gasteiger partial charge in [0.1, 0.15) is 12.2 Å². The Hall–Kier alpha value is -1.86. The van der Waals surface area contributed by atoms with Crippen LogP contribution < -0.4 is 5.32 Å². The molecule has 3 rings (SSSR count). The van der Waals surface area contributed by atoms with Gasteiger partial charge in [-0.05, 0) is 24.1 Å². The number of ether oxygens (including phenoxy) is 1. The van der Waals surface area contributed by atoms with Crippen LogP contribution in [0.15, 0.2) is 24.5 Å². The molecule has 2 heterocycles. The summed E-state index contributed by atoms with van der Waals surface area (Å²) in [6.45, 7) is 1.13. The van der Waals surface area contributed by atoms with Gasteiger partial charge in [-0.3, -0.25) is 4.68 Å². The molecule has 0 saturated carbocycles. The summed E-state index contributed by atoms with van der Waals surface area (Å²) in [7, 11) is 1.82. The molecule has 21 heavy (non-hydrogen) atoms. The topological polar surface area (TPSA) is 52.0 Å². The molecule has 5 nitrogen and oxygen atoms in total. The molecule has 0 amide bonds. The summed E-state index contributed by atoms with van der Waals surface area (Å²) < 4.78 is 33.7. The van der Waals surface area contributed by atoms with E-state index in [-0.39, 0.29) is 12.1 Å². The number of aryl methyl sites for hydroxylation is 1. The van der Waals surface area contributed by atoms with E-state index in [1.54, 1.807) is 10.7 Å². The quantitative estimate of drug-likeness (QED) is 0.933. The summed E-state index contributed by atoms with van der Waals surface area (Å²) in [5.74, 6) is -0.888. The van der Waals surface area contributed by atoms with Crippen LogP contribution in [0, 0.1) is 11.6 Å². The molecule has 0 radical (unpaired) electrons. The van der Waals surface area contributed by atoms with Crippen molar-refractivity contribution < 1.29 is 13.5 Å². The first kappa shape index (κ1) is 14.1. The third kappa shape index (κ3) is 2.93. The molecule has 0 spiro atoms. The monoisotopic (exact) mass is 294 g/mol. The average molecular weight is 294 g/mol. The summed E-state index contributed by atoms with van der Waals surface area (Å²) in [6, 6.07) is 3.92. The zero-order valence-corrected chi connectivity index (χ0v) is 11.6. The SMILES string of the molecule is Cn1ncnc1CNC1CCOC1c1ccc(F)c(F)c1. The van der Waals surface area contributed by atoms with E-state index in [1.165, 1.54) is 12.4 Å². The van der Waals surface area contributed by atoms with E-state index in [0.717, 1.165) is 18.3 Å². The van der Waals surface area contributed by atoms with Gasteiger partial charge in [0.25, 0.3) is 0 Å². The van der Waals surface area contributed by atoms with Crippen LogP contribution in [-0.4, -0.2) is 27.4 Å². The van der Waals surface area contributed by atoms with Gasteiger partial charge in [-0.25, -0.2) is 13.8 Å². The molecule has 1 aliphatic heterocycles. The lowest BCUT2D eigenvalue weighted by atomic mass is 10.0. The Morgan fingerprint density at radius 1 is 1.38 bits per heavy atom. The van der Waals surface area contributed by atoms with Gasteiger partial charge < -0.3 is 10.1 Å². The van der Waals surface area contributed by atoms with Gasteiger partial charge in [0.2, 0.25) is 0 Å². The molecular formula is C14H16F2N4O. The van der Waals surface area contributed by atoms with Gasteiger partial charge in [-0.1, -0.05) is 6.07 Å². The molecule has 2 atom stereocenters. The van der Waals surface area contributed by atoms with Crippen LogP contribution in [-0.2, 0) is 18.3 Å². The summed E-state index contributed by atoms with van der Waals surface area (Å²) in [5.41, 5.74) is 0.641. The van der Waals surface area contributed by atoms with Crippen molar-refractivity contribution >= 4 is 0 Å². The van der Waals surface area contributed by atoms with Crippen LogP contribution in [0.2, 0.25) is 0 Å². The molecule has 0 bridgehead atoms. The highest BCUT2D eigenvalue weighted by Crippen LogP contribution is 2.30. The van der Waals surface area contributed by atoms with Crippen molar-refractivity contribution in [1.82, 2.24) is 20.1 Å². The smallest absolute Gasteiger partial charge is 0.159 e. The van der Waals surface area contributed by atoms with Crippen molar-refractivity contribution in [1.29, 1.82) is 0 Å². The maximum absolute atomic E-state index is 13.3. The first-order valence-corrected chi connectivity index (χ1v) is 6.78. The fourth-order valence-electron chi connectivity index (χ4n) is 2.52. The van der Waals surface area contributed by atoms with Gasteiger partial charge >= 0.3 is 0 Å². The molecular weight excluding hydrogens is 278 g/mol. The molecule has 1 N–H and O–H groups in total. The minimum Gasteiger partial charge on any atom is -0.372 e. The van der Waals surface area contributed by atoms with Gasteiger partial charge in [0.15, 0.2) is 11.6 Å². The molecule has 1 saturated heterocycles. The zero-order valence-electron chi connectivity index (χ0n) is 11.6. The normalized spacial score (nSPS) is 21.9. The van der Waals surface area contributed by atoms with Crippen molar-refractivity contribution in [3.8, 4) is 0 Å². The molecule has 7 heteroatoms. The van der Waals surface area contributed by atoms with Crippen molar-refractivity contribution in [3.63, 3.8) is 0 Å². The van der Waals surface area contributed by atoms with Crippen molar-refractivity contribution in [2.24, 2.45) is 7.05 Å². The molecule has 1 aliphatic rings. The second kappa shape index (κ2) is 5.87. The van der Waals surface area contributed by atoms with E-state index in [1.807, 2.05) is 7.05 Å². The van der Waals surface area contributed by atoms with Gasteiger partial charge in [-0.15, -0.1) is 0 Å². The standard InChI is InChI=1S/C14H16F2N4O/c1-20-13(18-8-19-20)7-17-12-4-5-21-14(12)9-2-3-10(15)11(16)6-9/h2-3,6,8,12,14,17H,4-5,7H2,1H3. The average Bonchev–Trinajstić information content (AvgIpc) is 3.08. The zero-order chi connectivity index (χ0) is 14.8. The second-order valence-electron chi connectivity index (χ2n) is 5.04. The van der Waals surface area contributed by atoms with Crippen LogP contribution in [0.5, 0.6) is 0 Å². The number of hydrogen-bond donors (Lipinski definition) is 1. The van der Waals surface area contributed by atoms with Crippen LogP contribution in [0.1, 0.15) is 23.9 Å². The number of hydrogen-bond acceptors (Lipinski definition) is 4. The summed E-state index contributed by atoms with van der Waals surface area (Å²) in [6.07, 6.45) is 2.02. The largest absolute Gasteiger partial charge is 0.372 e. The molecule has 112 valence electrons. The molecule has 0 aliphatic carbocycles. The summed E-state index contributed by atoms with van der Waals surface area (Å²) >= 11 is 0. The number of nitrogens with one attached hydrogen (secondary N) is 1. The highest BCUT2D eigenvalue weighted by atomic mass is 19.2. The molecule has 2 aromatic rings. The second-order valence-corrected chi connectivity index (χ2v) is 5.04. The number of rotatable bonds is 4. The van der Waals surface area contributed by atoms with Crippen LogP contribution >= 0.6 is 0 Å². The fourth-order valence-corrected chi connectivity index (χ4v) is 2.52. The summed E-state index contributed by atoms with van der Waals surface area (Å²) in [4.78, 5) is 4.14. The van der Waals surface area contributed by atoms with E-state index in [0.29, 0.717) is 18.7 Å². The Balaban J connectivity index is 1.70. The molecule has 1 aromatic heterocycles. The van der Waals surface area contributed by atoms with E-state index in [9.17, 15) is 8.78 Å². The minimum atomic E-state index is -0.852. The predicted molar refractivity (Wildman–Crippen MR) is 71.3 cm³/mol. The first-order chi connectivity index (χ1) is 10.1. The Kier molecular flexibility index (Phi) is 3.94. The van der Waals surface area contributed by atoms with Gasteiger partial charge in [-0.2, -0.15) is 5.10 Å². The van der Waals surface area contributed by atoms with E-state index in [2.05, 4.69) is 15.4 Å². The number of benzene rings is 1. The Morgan fingerprint density at radius 3 is 2.95 bits per heavy atom. The van der Waals surface area contributed by atoms with Gasteiger partial charge in [0.05, 0.1) is 12.6 Å². The van der Waals surface area contributed by atoms with E-state index in [4.69, 9.17) is 4.74 Å². The number of aromatic nitrogens is 3. The lowest BCUT2D eigenvalue weighted by molar-refractivity contribution is 0.0979. The van der Waals surface area contributed by atoms with Gasteiger partial charge in [0, 0.05) is 19.7 Å². The molecule has 1 fully saturated rings. The highest BCUT2D eigenvalue weighted by Gasteiger charge is 2.30. The number of halogens is 2. The lowest BCUT2D eigenvalue weighted by Gasteiger charge is -2.20.